The number of carboxylic acid groups (broad SMARTS) is 1. The zero-order valence-electron chi connectivity index (χ0n) is 10.9. The Kier molecular flexibility index (Phi) is 4.05. The normalized spacial score (nSPS) is 11.2. The molecule has 0 amide bonds. The Bertz CT molecular complexity index is 642. The number of methoxy groups -OCH3 is 1. The monoisotopic (exact) mass is 270 g/mol. The van der Waals surface area contributed by atoms with Crippen LogP contribution in [0.25, 0.3) is 11.6 Å². The van der Waals surface area contributed by atoms with Crippen LogP contribution in [0, 0.1) is 0 Å². The largest absolute Gasteiger partial charge is 0.508 e. The third kappa shape index (κ3) is 3.17. The van der Waals surface area contributed by atoms with Crippen LogP contribution >= 0.6 is 0 Å². The van der Waals surface area contributed by atoms with Gasteiger partial charge in [0.05, 0.1) is 12.7 Å². The predicted molar refractivity (Wildman–Crippen MR) is 76.6 cm³/mol. The lowest BCUT2D eigenvalue weighted by Gasteiger charge is -2.05. The summed E-state index contributed by atoms with van der Waals surface area (Å²) in [6, 6.07) is 13.2. The Morgan fingerprint density at radius 1 is 1.15 bits per heavy atom. The zero-order chi connectivity index (χ0) is 14.5. The van der Waals surface area contributed by atoms with E-state index in [2.05, 4.69) is 0 Å². The number of aromatic hydroxyl groups is 1. The van der Waals surface area contributed by atoms with Crippen LogP contribution < -0.4 is 4.74 Å². The fraction of sp³-hybridized carbons (Fsp3) is 0.0625. The van der Waals surface area contributed by atoms with Crippen LogP contribution in [0.3, 0.4) is 0 Å². The maximum Gasteiger partial charge on any atom is 0.336 e. The molecule has 0 aliphatic heterocycles. The Morgan fingerprint density at radius 2 is 1.85 bits per heavy atom. The van der Waals surface area contributed by atoms with Crippen molar-refractivity contribution in [1.29, 1.82) is 0 Å². The van der Waals surface area contributed by atoms with Gasteiger partial charge in [-0.1, -0.05) is 24.3 Å². The first-order valence-electron chi connectivity index (χ1n) is 5.98. The molecule has 0 aliphatic carbocycles. The molecule has 0 bridgehead atoms. The van der Waals surface area contributed by atoms with Gasteiger partial charge in [-0.25, -0.2) is 4.79 Å². The second-order valence-electron chi connectivity index (χ2n) is 4.19. The van der Waals surface area contributed by atoms with Gasteiger partial charge in [0.15, 0.2) is 0 Å². The lowest BCUT2D eigenvalue weighted by atomic mass is 10.0. The highest BCUT2D eigenvalue weighted by Gasteiger charge is 2.10. The van der Waals surface area contributed by atoms with Gasteiger partial charge in [-0.3, -0.25) is 0 Å². The molecular formula is C16H14O4. The lowest BCUT2D eigenvalue weighted by molar-refractivity contribution is -0.130. The Morgan fingerprint density at radius 3 is 2.45 bits per heavy atom. The smallest absolute Gasteiger partial charge is 0.336 e. The average Bonchev–Trinajstić information content (AvgIpc) is 2.46. The second-order valence-corrected chi connectivity index (χ2v) is 4.19. The predicted octanol–water partition coefficient (Wildman–Crippen LogP) is 3.03. The molecule has 2 rings (SSSR count). The minimum Gasteiger partial charge on any atom is -0.508 e. The first kappa shape index (κ1) is 13.7. The van der Waals surface area contributed by atoms with Crippen molar-refractivity contribution in [1.82, 2.24) is 0 Å². The Labute approximate surface area is 116 Å². The zero-order valence-corrected chi connectivity index (χ0v) is 10.9. The number of hydrogen-bond donors (Lipinski definition) is 2. The van der Waals surface area contributed by atoms with Crippen LogP contribution in [0.4, 0.5) is 0 Å². The van der Waals surface area contributed by atoms with Crippen molar-refractivity contribution in [3.05, 3.63) is 59.7 Å². The van der Waals surface area contributed by atoms with Gasteiger partial charge < -0.3 is 14.9 Å². The third-order valence-electron chi connectivity index (χ3n) is 2.81. The number of phenolic OH excluding ortho intramolecular Hbond substituents is 1. The summed E-state index contributed by atoms with van der Waals surface area (Å²) >= 11 is 0. The van der Waals surface area contributed by atoms with E-state index in [0.717, 1.165) is 5.56 Å². The summed E-state index contributed by atoms with van der Waals surface area (Å²) in [5.41, 5.74) is 1.41. The molecule has 0 saturated heterocycles. The minimum atomic E-state index is -1.03. The van der Waals surface area contributed by atoms with Crippen molar-refractivity contribution in [2.45, 2.75) is 0 Å². The first-order chi connectivity index (χ1) is 9.60. The summed E-state index contributed by atoms with van der Waals surface area (Å²) in [4.78, 5) is 11.4. The molecule has 0 spiro atoms. The highest BCUT2D eigenvalue weighted by atomic mass is 16.5. The van der Waals surface area contributed by atoms with Crippen LogP contribution in [-0.2, 0) is 4.79 Å². The van der Waals surface area contributed by atoms with E-state index >= 15 is 0 Å². The molecule has 2 N–H and O–H groups in total. The van der Waals surface area contributed by atoms with Gasteiger partial charge in [-0.05, 0) is 41.5 Å². The molecule has 4 nitrogen and oxygen atoms in total. The fourth-order valence-electron chi connectivity index (χ4n) is 1.81. The van der Waals surface area contributed by atoms with Gasteiger partial charge in [-0.15, -0.1) is 0 Å². The van der Waals surface area contributed by atoms with Crippen molar-refractivity contribution < 1.29 is 19.7 Å². The molecule has 102 valence electrons. The molecule has 20 heavy (non-hydrogen) atoms. The molecule has 0 unspecified atom stereocenters. The van der Waals surface area contributed by atoms with E-state index in [4.69, 9.17) is 4.74 Å². The van der Waals surface area contributed by atoms with Gasteiger partial charge in [0.25, 0.3) is 0 Å². The molecule has 0 atom stereocenters. The van der Waals surface area contributed by atoms with Crippen molar-refractivity contribution in [3.63, 3.8) is 0 Å². The van der Waals surface area contributed by atoms with Crippen LogP contribution in [0.2, 0.25) is 0 Å². The van der Waals surface area contributed by atoms with Gasteiger partial charge in [0.1, 0.15) is 11.5 Å². The highest BCUT2D eigenvalue weighted by Crippen LogP contribution is 2.22. The molecule has 0 saturated carbocycles. The molecule has 0 fully saturated rings. The van der Waals surface area contributed by atoms with E-state index in [-0.39, 0.29) is 11.3 Å². The molecule has 2 aromatic carbocycles. The molecule has 0 radical (unpaired) electrons. The molecule has 0 heterocycles. The van der Waals surface area contributed by atoms with E-state index < -0.39 is 5.97 Å². The second kappa shape index (κ2) is 5.93. The van der Waals surface area contributed by atoms with Gasteiger partial charge in [0.2, 0.25) is 0 Å². The number of benzene rings is 2. The molecule has 4 heteroatoms. The minimum absolute atomic E-state index is 0.0971. The van der Waals surface area contributed by atoms with Crippen molar-refractivity contribution >= 4 is 17.6 Å². The van der Waals surface area contributed by atoms with Crippen LogP contribution in [0.1, 0.15) is 11.1 Å². The van der Waals surface area contributed by atoms with E-state index in [1.54, 1.807) is 49.6 Å². The summed E-state index contributed by atoms with van der Waals surface area (Å²) in [6.07, 6.45) is 1.57. The van der Waals surface area contributed by atoms with Crippen LogP contribution in [-0.4, -0.2) is 23.3 Å². The average molecular weight is 270 g/mol. The Hall–Kier alpha value is -2.75. The van der Waals surface area contributed by atoms with Gasteiger partial charge in [-0.2, -0.15) is 0 Å². The lowest BCUT2D eigenvalue weighted by Crippen LogP contribution is -1.99. The van der Waals surface area contributed by atoms with Crippen LogP contribution in [0.5, 0.6) is 11.5 Å². The Balaban J connectivity index is 2.44. The number of aliphatic carboxylic acids is 1. The summed E-state index contributed by atoms with van der Waals surface area (Å²) in [5.74, 6) is -0.271. The highest BCUT2D eigenvalue weighted by molar-refractivity contribution is 6.20. The maximum absolute atomic E-state index is 11.4. The first-order valence-corrected chi connectivity index (χ1v) is 5.98. The summed E-state index contributed by atoms with van der Waals surface area (Å²) in [7, 11) is 1.56. The molecule has 0 aliphatic rings. The summed E-state index contributed by atoms with van der Waals surface area (Å²) in [6.45, 7) is 0. The summed E-state index contributed by atoms with van der Waals surface area (Å²) in [5, 5.41) is 18.6. The van der Waals surface area contributed by atoms with E-state index in [0.29, 0.717) is 11.3 Å². The number of hydrogen-bond acceptors (Lipinski definition) is 3. The third-order valence-corrected chi connectivity index (χ3v) is 2.81. The van der Waals surface area contributed by atoms with Gasteiger partial charge in [0, 0.05) is 0 Å². The van der Waals surface area contributed by atoms with Crippen molar-refractivity contribution in [2.24, 2.45) is 0 Å². The maximum atomic E-state index is 11.4. The van der Waals surface area contributed by atoms with Crippen molar-refractivity contribution in [2.75, 3.05) is 7.11 Å². The number of rotatable bonds is 4. The SMILES string of the molecule is COc1cccc(/C=C(\C(=O)O)c2ccc(O)cc2)c1. The van der Waals surface area contributed by atoms with Crippen molar-refractivity contribution in [3.8, 4) is 11.5 Å². The summed E-state index contributed by atoms with van der Waals surface area (Å²) < 4.78 is 5.11. The fourth-order valence-corrected chi connectivity index (χ4v) is 1.81. The van der Waals surface area contributed by atoms with E-state index in [9.17, 15) is 15.0 Å². The quantitative estimate of drug-likeness (QED) is 0.662. The topological polar surface area (TPSA) is 66.8 Å². The number of carboxylic acids is 1. The molecular weight excluding hydrogens is 256 g/mol. The molecule has 0 aromatic heterocycles. The van der Waals surface area contributed by atoms with E-state index in [1.165, 1.54) is 12.1 Å². The number of ether oxygens (including phenoxy) is 1. The van der Waals surface area contributed by atoms with Gasteiger partial charge >= 0.3 is 5.97 Å². The molecule has 2 aromatic rings. The number of phenols is 1. The van der Waals surface area contributed by atoms with E-state index in [1.807, 2.05) is 0 Å². The van der Waals surface area contributed by atoms with Crippen LogP contribution in [0.15, 0.2) is 48.5 Å². The standard InChI is InChI=1S/C16H14O4/c1-20-14-4-2-3-11(9-14)10-15(16(18)19)12-5-7-13(17)8-6-12/h2-10,17H,1H3,(H,18,19)/b15-10-. The number of carbonyl (C=O) groups is 1.